The van der Waals surface area contributed by atoms with Crippen molar-refractivity contribution in [3.63, 3.8) is 0 Å². The van der Waals surface area contributed by atoms with E-state index in [0.717, 1.165) is 18.1 Å². The molecule has 0 aliphatic rings. The summed E-state index contributed by atoms with van der Waals surface area (Å²) in [5.41, 5.74) is 0.586. The molecular weight excluding hydrogens is 302 g/mol. The molecule has 122 valence electrons. The van der Waals surface area contributed by atoms with Gasteiger partial charge in [-0.3, -0.25) is 4.79 Å². The van der Waals surface area contributed by atoms with Crippen LogP contribution < -0.4 is 14.8 Å². The number of carboxylic acids is 1. The molecular formula is C16H17NO6. The Balaban J connectivity index is 2.18. The number of amides is 1. The molecule has 0 fully saturated rings. The molecule has 1 aromatic heterocycles. The highest BCUT2D eigenvalue weighted by Gasteiger charge is 2.21. The zero-order chi connectivity index (χ0) is 17.0. The number of benzene rings is 1. The maximum Gasteiger partial charge on any atom is 0.339 e. The fourth-order valence-electron chi connectivity index (χ4n) is 2.12. The summed E-state index contributed by atoms with van der Waals surface area (Å²) in [6.45, 7) is 1.78. The van der Waals surface area contributed by atoms with Crippen LogP contribution in [0, 0.1) is 0 Å². The van der Waals surface area contributed by atoms with E-state index in [9.17, 15) is 9.59 Å². The van der Waals surface area contributed by atoms with Gasteiger partial charge in [0.15, 0.2) is 11.5 Å². The number of carbonyl (C=O) groups excluding carboxylic acids is 1. The molecule has 2 aromatic rings. The molecule has 1 amide bonds. The number of carboxylic acid groups (broad SMARTS) is 1. The van der Waals surface area contributed by atoms with Gasteiger partial charge in [0.2, 0.25) is 0 Å². The zero-order valence-electron chi connectivity index (χ0n) is 13.0. The Morgan fingerprint density at radius 1 is 1.13 bits per heavy atom. The van der Waals surface area contributed by atoms with Gasteiger partial charge in [-0.2, -0.15) is 0 Å². The molecule has 1 heterocycles. The van der Waals surface area contributed by atoms with Crippen molar-refractivity contribution in [2.45, 2.75) is 13.0 Å². The van der Waals surface area contributed by atoms with E-state index in [-0.39, 0.29) is 17.2 Å². The number of hydrogen-bond acceptors (Lipinski definition) is 5. The highest BCUT2D eigenvalue weighted by molar-refractivity contribution is 6.04. The molecule has 7 heteroatoms. The third-order valence-corrected chi connectivity index (χ3v) is 3.39. The van der Waals surface area contributed by atoms with Crippen molar-refractivity contribution in [1.82, 2.24) is 5.32 Å². The van der Waals surface area contributed by atoms with Crippen LogP contribution in [-0.4, -0.2) is 31.2 Å². The topological polar surface area (TPSA) is 98.0 Å². The van der Waals surface area contributed by atoms with Gasteiger partial charge in [0.25, 0.3) is 5.91 Å². The van der Waals surface area contributed by atoms with Gasteiger partial charge in [-0.05, 0) is 24.6 Å². The second-order valence-corrected chi connectivity index (χ2v) is 4.81. The smallest absolute Gasteiger partial charge is 0.339 e. The molecule has 0 radical (unpaired) electrons. The zero-order valence-corrected chi connectivity index (χ0v) is 13.0. The van der Waals surface area contributed by atoms with E-state index in [0.29, 0.717) is 11.5 Å². The third-order valence-electron chi connectivity index (χ3n) is 3.39. The molecule has 2 rings (SSSR count). The number of furan rings is 1. The van der Waals surface area contributed by atoms with Crippen LogP contribution >= 0.6 is 0 Å². The first kappa shape index (κ1) is 16.4. The molecule has 7 nitrogen and oxygen atoms in total. The number of ether oxygens (including phenoxy) is 2. The fraction of sp³-hybridized carbons (Fsp3) is 0.250. The summed E-state index contributed by atoms with van der Waals surface area (Å²) >= 11 is 0. The highest BCUT2D eigenvalue weighted by Crippen LogP contribution is 2.30. The van der Waals surface area contributed by atoms with Crippen LogP contribution in [0.4, 0.5) is 0 Å². The van der Waals surface area contributed by atoms with Crippen LogP contribution in [0.1, 0.15) is 39.2 Å². The van der Waals surface area contributed by atoms with E-state index >= 15 is 0 Å². The van der Waals surface area contributed by atoms with Gasteiger partial charge >= 0.3 is 5.97 Å². The highest BCUT2D eigenvalue weighted by atomic mass is 16.5. The second-order valence-electron chi connectivity index (χ2n) is 4.81. The lowest BCUT2D eigenvalue weighted by atomic mass is 10.1. The lowest BCUT2D eigenvalue weighted by Gasteiger charge is -2.16. The van der Waals surface area contributed by atoms with Gasteiger partial charge in [0.1, 0.15) is 18.1 Å². The summed E-state index contributed by atoms with van der Waals surface area (Å²) in [4.78, 5) is 23.2. The first-order valence-corrected chi connectivity index (χ1v) is 6.80. The van der Waals surface area contributed by atoms with Crippen molar-refractivity contribution < 1.29 is 28.6 Å². The Bertz CT molecular complexity index is 721. The summed E-state index contributed by atoms with van der Waals surface area (Å²) in [6.07, 6.45) is 2.14. The molecule has 0 spiro atoms. The monoisotopic (exact) mass is 319 g/mol. The minimum Gasteiger partial charge on any atom is -0.493 e. The van der Waals surface area contributed by atoms with Gasteiger partial charge in [-0.15, -0.1) is 0 Å². The molecule has 0 saturated heterocycles. The quantitative estimate of drug-likeness (QED) is 0.849. The Labute approximate surface area is 132 Å². The first-order valence-electron chi connectivity index (χ1n) is 6.80. The Morgan fingerprint density at radius 2 is 1.78 bits per heavy atom. The van der Waals surface area contributed by atoms with Crippen molar-refractivity contribution >= 4 is 11.9 Å². The number of carbonyl (C=O) groups is 2. The molecule has 23 heavy (non-hydrogen) atoms. The van der Waals surface area contributed by atoms with E-state index in [1.165, 1.54) is 14.2 Å². The standard InChI is InChI=1S/C16H17NO6/c1-9(10-4-5-13(21-2)14(6-10)22-3)17-15(18)11-7-23-8-12(11)16(19)20/h4-9H,1-3H3,(H,17,18)(H,19,20). The van der Waals surface area contributed by atoms with Crippen LogP contribution in [0.2, 0.25) is 0 Å². The van der Waals surface area contributed by atoms with Crippen molar-refractivity contribution in [3.05, 3.63) is 47.4 Å². The van der Waals surface area contributed by atoms with E-state index in [4.69, 9.17) is 19.0 Å². The maximum atomic E-state index is 12.2. The minimum atomic E-state index is -1.22. The van der Waals surface area contributed by atoms with Gasteiger partial charge in [0.05, 0.1) is 25.8 Å². The molecule has 1 atom stereocenters. The molecule has 2 N–H and O–H groups in total. The number of rotatable bonds is 6. The lowest BCUT2D eigenvalue weighted by Crippen LogP contribution is -2.27. The minimum absolute atomic E-state index is 0.0233. The Kier molecular flexibility index (Phi) is 4.90. The summed E-state index contributed by atoms with van der Waals surface area (Å²) in [5.74, 6) is -0.625. The van der Waals surface area contributed by atoms with E-state index < -0.39 is 11.9 Å². The number of nitrogens with one attached hydrogen (secondary N) is 1. The average molecular weight is 319 g/mol. The lowest BCUT2D eigenvalue weighted by molar-refractivity contribution is 0.0690. The number of hydrogen-bond donors (Lipinski definition) is 2. The summed E-state index contributed by atoms with van der Waals surface area (Å²) in [5, 5.41) is 11.7. The van der Waals surface area contributed by atoms with Crippen molar-refractivity contribution in [2.24, 2.45) is 0 Å². The molecule has 0 aliphatic carbocycles. The Morgan fingerprint density at radius 3 is 2.39 bits per heavy atom. The summed E-state index contributed by atoms with van der Waals surface area (Å²) in [7, 11) is 3.06. The largest absolute Gasteiger partial charge is 0.493 e. The molecule has 0 bridgehead atoms. The summed E-state index contributed by atoms with van der Waals surface area (Å²) < 4.78 is 15.2. The van der Waals surface area contributed by atoms with Crippen LogP contribution in [0.15, 0.2) is 35.1 Å². The van der Waals surface area contributed by atoms with E-state index in [1.54, 1.807) is 25.1 Å². The predicted octanol–water partition coefficient (Wildman–Crippen LogP) is 2.49. The third kappa shape index (κ3) is 3.45. The SMILES string of the molecule is COc1ccc(C(C)NC(=O)c2cocc2C(=O)O)cc1OC. The second kappa shape index (κ2) is 6.87. The molecule has 1 unspecified atom stereocenters. The van der Waals surface area contributed by atoms with Crippen LogP contribution in [0.5, 0.6) is 11.5 Å². The summed E-state index contributed by atoms with van der Waals surface area (Å²) in [6, 6.07) is 4.91. The van der Waals surface area contributed by atoms with Crippen LogP contribution in [0.25, 0.3) is 0 Å². The van der Waals surface area contributed by atoms with Crippen LogP contribution in [0.3, 0.4) is 0 Å². The molecule has 0 saturated carbocycles. The van der Waals surface area contributed by atoms with Crippen LogP contribution in [-0.2, 0) is 0 Å². The number of aromatic carboxylic acids is 1. The van der Waals surface area contributed by atoms with Gasteiger partial charge in [-0.1, -0.05) is 6.07 Å². The van der Waals surface area contributed by atoms with Gasteiger partial charge in [-0.25, -0.2) is 4.79 Å². The van der Waals surface area contributed by atoms with Gasteiger partial charge in [0, 0.05) is 0 Å². The maximum absolute atomic E-state index is 12.2. The fourth-order valence-corrected chi connectivity index (χ4v) is 2.12. The predicted molar refractivity (Wildman–Crippen MR) is 81.1 cm³/mol. The number of methoxy groups -OCH3 is 2. The van der Waals surface area contributed by atoms with Crippen molar-refractivity contribution in [1.29, 1.82) is 0 Å². The Hall–Kier alpha value is -2.96. The van der Waals surface area contributed by atoms with Crippen molar-refractivity contribution in [3.8, 4) is 11.5 Å². The van der Waals surface area contributed by atoms with E-state index in [2.05, 4.69) is 5.32 Å². The molecule has 0 aliphatic heterocycles. The normalized spacial score (nSPS) is 11.6. The van der Waals surface area contributed by atoms with Crippen molar-refractivity contribution in [2.75, 3.05) is 14.2 Å². The molecule has 1 aromatic carbocycles. The average Bonchev–Trinajstić information content (AvgIpc) is 3.04. The first-order chi connectivity index (χ1) is 11.0. The van der Waals surface area contributed by atoms with Gasteiger partial charge < -0.3 is 24.3 Å². The van der Waals surface area contributed by atoms with E-state index in [1.807, 2.05) is 0 Å².